The fourth-order valence-electron chi connectivity index (χ4n) is 2.95. The normalized spacial score (nSPS) is 10.5. The predicted octanol–water partition coefficient (Wildman–Crippen LogP) is 3.23. The molecule has 0 bridgehead atoms. The minimum Gasteiger partial charge on any atom is -0.497 e. The average molecular weight is 333 g/mol. The third-order valence-corrected chi connectivity index (χ3v) is 4.17. The average Bonchev–Trinajstić information content (AvgIpc) is 2.92. The zero-order valence-corrected chi connectivity index (χ0v) is 14.7. The molecule has 0 aliphatic heterocycles. The summed E-state index contributed by atoms with van der Waals surface area (Å²) in [5, 5.41) is 13.9. The van der Waals surface area contributed by atoms with Gasteiger partial charge in [-0.15, -0.1) is 0 Å². The van der Waals surface area contributed by atoms with Crippen LogP contribution in [0.3, 0.4) is 0 Å². The lowest BCUT2D eigenvalue weighted by atomic mass is 9.95. The lowest BCUT2D eigenvalue weighted by Gasteiger charge is -2.13. The van der Waals surface area contributed by atoms with Crippen molar-refractivity contribution in [2.75, 3.05) is 12.8 Å². The van der Waals surface area contributed by atoms with E-state index in [-0.39, 0.29) is 5.82 Å². The molecule has 0 spiro atoms. The van der Waals surface area contributed by atoms with Crippen molar-refractivity contribution in [3.63, 3.8) is 0 Å². The number of nitrogens with zero attached hydrogens (tertiary/aromatic N) is 4. The van der Waals surface area contributed by atoms with Crippen LogP contribution >= 0.6 is 0 Å². The van der Waals surface area contributed by atoms with E-state index in [0.717, 1.165) is 33.7 Å². The Bertz CT molecular complexity index is 998. The Labute approximate surface area is 146 Å². The summed E-state index contributed by atoms with van der Waals surface area (Å²) >= 11 is 0. The van der Waals surface area contributed by atoms with Crippen molar-refractivity contribution < 1.29 is 4.74 Å². The first-order valence-corrected chi connectivity index (χ1v) is 7.80. The van der Waals surface area contributed by atoms with Gasteiger partial charge in [-0.1, -0.05) is 6.07 Å². The Balaban J connectivity index is 2.25. The molecule has 3 aromatic rings. The topological polar surface area (TPSA) is 89.8 Å². The van der Waals surface area contributed by atoms with Gasteiger partial charge in [0.1, 0.15) is 23.2 Å². The number of methoxy groups -OCH3 is 1. The quantitative estimate of drug-likeness (QED) is 0.795. The van der Waals surface area contributed by atoms with Crippen LogP contribution < -0.4 is 10.5 Å². The fourth-order valence-corrected chi connectivity index (χ4v) is 2.95. The second-order valence-corrected chi connectivity index (χ2v) is 5.91. The third kappa shape index (κ3) is 2.92. The van der Waals surface area contributed by atoms with Gasteiger partial charge >= 0.3 is 0 Å². The second-order valence-electron chi connectivity index (χ2n) is 5.91. The van der Waals surface area contributed by atoms with E-state index in [2.05, 4.69) is 16.2 Å². The molecule has 6 nitrogen and oxygen atoms in total. The van der Waals surface area contributed by atoms with Gasteiger partial charge in [-0.3, -0.25) is 4.68 Å². The number of hydrogen-bond acceptors (Lipinski definition) is 5. The van der Waals surface area contributed by atoms with Crippen LogP contribution in [0.15, 0.2) is 30.5 Å². The predicted molar refractivity (Wildman–Crippen MR) is 97.0 cm³/mol. The molecule has 2 N–H and O–H groups in total. The summed E-state index contributed by atoms with van der Waals surface area (Å²) in [5.74, 6) is 0.985. The van der Waals surface area contributed by atoms with Gasteiger partial charge in [-0.2, -0.15) is 10.4 Å². The van der Waals surface area contributed by atoms with Crippen LogP contribution in [-0.4, -0.2) is 21.9 Å². The highest BCUT2D eigenvalue weighted by Crippen LogP contribution is 2.34. The molecular weight excluding hydrogens is 314 g/mol. The van der Waals surface area contributed by atoms with Gasteiger partial charge in [-0.25, -0.2) is 4.98 Å². The van der Waals surface area contributed by atoms with Gasteiger partial charge in [0.2, 0.25) is 0 Å². The molecule has 0 saturated carbocycles. The molecule has 1 aromatic carbocycles. The summed E-state index contributed by atoms with van der Waals surface area (Å²) in [7, 11) is 3.49. The van der Waals surface area contributed by atoms with Crippen LogP contribution in [-0.2, 0) is 7.05 Å². The lowest BCUT2D eigenvalue weighted by Crippen LogP contribution is -2.00. The first kappa shape index (κ1) is 16.5. The summed E-state index contributed by atoms with van der Waals surface area (Å²) in [5.41, 5.74) is 11.6. The van der Waals surface area contributed by atoms with Crippen molar-refractivity contribution in [3.8, 4) is 34.2 Å². The van der Waals surface area contributed by atoms with Gasteiger partial charge in [-0.05, 0) is 43.2 Å². The summed E-state index contributed by atoms with van der Waals surface area (Å²) < 4.78 is 7.00. The maximum absolute atomic E-state index is 9.56. The zero-order valence-electron chi connectivity index (χ0n) is 14.7. The molecule has 25 heavy (non-hydrogen) atoms. The molecule has 3 rings (SSSR count). The first-order chi connectivity index (χ1) is 11.9. The summed E-state index contributed by atoms with van der Waals surface area (Å²) in [6.07, 6.45) is 1.90. The fraction of sp³-hybridized carbons (Fsp3) is 0.211. The Morgan fingerprint density at radius 2 is 1.92 bits per heavy atom. The van der Waals surface area contributed by atoms with E-state index in [1.807, 2.05) is 51.4 Å². The largest absolute Gasteiger partial charge is 0.497 e. The third-order valence-electron chi connectivity index (χ3n) is 4.17. The standard InChI is InChI=1S/C19H19N5O/c1-11-7-13(25-4)5-6-14(11)15-8-18(22-19(21)16(15)9-20)17-10-24(3)23-12(17)2/h5-8,10H,1-4H3,(H2,21,22). The Morgan fingerprint density at radius 1 is 1.16 bits per heavy atom. The number of pyridine rings is 1. The van der Waals surface area contributed by atoms with Crippen molar-refractivity contribution in [2.24, 2.45) is 7.05 Å². The van der Waals surface area contributed by atoms with Gasteiger partial charge in [0, 0.05) is 24.4 Å². The molecule has 6 heteroatoms. The Hall–Kier alpha value is -3.33. The molecule has 0 amide bonds. The van der Waals surface area contributed by atoms with Crippen molar-refractivity contribution in [2.45, 2.75) is 13.8 Å². The summed E-state index contributed by atoms with van der Waals surface area (Å²) in [4.78, 5) is 4.42. The Kier molecular flexibility index (Phi) is 4.15. The molecule has 0 aliphatic rings. The number of benzene rings is 1. The molecule has 0 aliphatic carbocycles. The minimum absolute atomic E-state index is 0.216. The first-order valence-electron chi connectivity index (χ1n) is 7.80. The van der Waals surface area contributed by atoms with Crippen molar-refractivity contribution in [1.82, 2.24) is 14.8 Å². The number of aromatic nitrogens is 3. The molecule has 126 valence electrons. The number of aryl methyl sites for hydroxylation is 3. The molecule has 0 atom stereocenters. The second kappa shape index (κ2) is 6.29. The van der Waals surface area contributed by atoms with E-state index >= 15 is 0 Å². The van der Waals surface area contributed by atoms with E-state index in [4.69, 9.17) is 10.5 Å². The van der Waals surface area contributed by atoms with E-state index in [1.54, 1.807) is 11.8 Å². The van der Waals surface area contributed by atoms with Crippen LogP contribution in [0.1, 0.15) is 16.8 Å². The maximum atomic E-state index is 9.56. The molecule has 0 unspecified atom stereocenters. The van der Waals surface area contributed by atoms with Gasteiger partial charge in [0.15, 0.2) is 0 Å². The number of nitriles is 1. The number of ether oxygens (including phenoxy) is 1. The van der Waals surface area contributed by atoms with E-state index in [9.17, 15) is 5.26 Å². The van der Waals surface area contributed by atoms with Crippen molar-refractivity contribution in [1.29, 1.82) is 5.26 Å². The highest BCUT2D eigenvalue weighted by atomic mass is 16.5. The number of rotatable bonds is 3. The van der Waals surface area contributed by atoms with E-state index < -0.39 is 0 Å². The lowest BCUT2D eigenvalue weighted by molar-refractivity contribution is 0.414. The van der Waals surface area contributed by atoms with Gasteiger partial charge in [0.05, 0.1) is 18.5 Å². The molecule has 0 fully saturated rings. The molecule has 0 saturated heterocycles. The zero-order chi connectivity index (χ0) is 18.1. The molecule has 0 radical (unpaired) electrons. The number of hydrogen-bond donors (Lipinski definition) is 1. The number of anilines is 1. The summed E-state index contributed by atoms with van der Waals surface area (Å²) in [6, 6.07) is 9.81. The van der Waals surface area contributed by atoms with Crippen LogP contribution in [0.25, 0.3) is 22.4 Å². The highest BCUT2D eigenvalue weighted by molar-refractivity contribution is 5.82. The number of nitrogens with two attached hydrogens (primary N) is 1. The minimum atomic E-state index is 0.216. The highest BCUT2D eigenvalue weighted by Gasteiger charge is 2.17. The summed E-state index contributed by atoms with van der Waals surface area (Å²) in [6.45, 7) is 3.90. The van der Waals surface area contributed by atoms with Gasteiger partial charge in [0.25, 0.3) is 0 Å². The number of nitrogen functional groups attached to an aromatic ring is 1. The SMILES string of the molecule is COc1ccc(-c2cc(-c3cn(C)nc3C)nc(N)c2C#N)c(C)c1. The van der Waals surface area contributed by atoms with Crippen LogP contribution in [0.5, 0.6) is 5.75 Å². The van der Waals surface area contributed by atoms with Crippen molar-refractivity contribution >= 4 is 5.82 Å². The van der Waals surface area contributed by atoms with Crippen LogP contribution in [0.4, 0.5) is 5.82 Å². The van der Waals surface area contributed by atoms with Crippen LogP contribution in [0, 0.1) is 25.2 Å². The van der Waals surface area contributed by atoms with E-state index in [1.165, 1.54) is 0 Å². The van der Waals surface area contributed by atoms with Crippen molar-refractivity contribution in [3.05, 3.63) is 47.3 Å². The van der Waals surface area contributed by atoms with Gasteiger partial charge < -0.3 is 10.5 Å². The smallest absolute Gasteiger partial charge is 0.142 e. The molecule has 2 heterocycles. The van der Waals surface area contributed by atoms with Crippen LogP contribution in [0.2, 0.25) is 0 Å². The monoisotopic (exact) mass is 333 g/mol. The van der Waals surface area contributed by atoms with E-state index in [0.29, 0.717) is 11.3 Å². The maximum Gasteiger partial charge on any atom is 0.142 e. The Morgan fingerprint density at radius 3 is 2.48 bits per heavy atom. The molecule has 2 aromatic heterocycles. The molecular formula is C19H19N5O.